The van der Waals surface area contributed by atoms with Gasteiger partial charge in [0.25, 0.3) is 0 Å². The van der Waals surface area contributed by atoms with Gasteiger partial charge in [-0.3, -0.25) is 14.4 Å². The lowest BCUT2D eigenvalue weighted by Crippen LogP contribution is -2.11. The lowest BCUT2D eigenvalue weighted by atomic mass is 9.98. The van der Waals surface area contributed by atoms with Crippen LogP contribution in [0.15, 0.2) is 23.3 Å². The lowest BCUT2D eigenvalue weighted by Gasteiger charge is -2.06. The number of rotatable bonds is 7. The van der Waals surface area contributed by atoms with E-state index in [1.54, 1.807) is 0 Å². The zero-order chi connectivity index (χ0) is 14.3. The summed E-state index contributed by atoms with van der Waals surface area (Å²) in [6.45, 7) is 2.53. The van der Waals surface area contributed by atoms with Gasteiger partial charge < -0.3 is 10.8 Å². The number of aliphatic carboxylic acids is 1. The fourth-order valence-electron chi connectivity index (χ4n) is 1.29. The number of amides is 1. The number of primary amides is 1. The summed E-state index contributed by atoms with van der Waals surface area (Å²) in [5.74, 6) is -2.68. The minimum Gasteiger partial charge on any atom is -0.478 e. The summed E-state index contributed by atoms with van der Waals surface area (Å²) in [5.41, 5.74) is 4.82. The zero-order valence-electron chi connectivity index (χ0n) is 10.2. The minimum absolute atomic E-state index is 0.115. The van der Waals surface area contributed by atoms with E-state index in [9.17, 15) is 19.2 Å². The van der Waals surface area contributed by atoms with Gasteiger partial charge in [0.05, 0.1) is 0 Å². The van der Waals surface area contributed by atoms with Crippen molar-refractivity contribution in [2.75, 3.05) is 0 Å². The Morgan fingerprint density at radius 2 is 1.50 bits per heavy atom. The molecule has 0 rings (SSSR count). The summed E-state index contributed by atoms with van der Waals surface area (Å²) in [7, 11) is 0. The molecule has 1 amide bonds. The molecule has 0 aromatic heterocycles. The van der Waals surface area contributed by atoms with Crippen LogP contribution in [0.25, 0.3) is 0 Å². The third kappa shape index (κ3) is 6.37. The largest absolute Gasteiger partial charge is 0.478 e. The molecule has 0 bridgehead atoms. The molecule has 0 saturated heterocycles. The second-order valence-corrected chi connectivity index (χ2v) is 3.80. The van der Waals surface area contributed by atoms with Crippen molar-refractivity contribution in [2.24, 2.45) is 5.73 Å². The van der Waals surface area contributed by atoms with Gasteiger partial charge in [0.1, 0.15) is 11.6 Å². The van der Waals surface area contributed by atoms with Crippen molar-refractivity contribution < 1.29 is 24.3 Å². The maximum Gasteiger partial charge on any atom is 0.332 e. The van der Waals surface area contributed by atoms with Crippen LogP contribution in [-0.2, 0) is 19.2 Å². The summed E-state index contributed by atoms with van der Waals surface area (Å²) in [6, 6.07) is 0. The Bertz CT molecular complexity index is 445. The van der Waals surface area contributed by atoms with Crippen LogP contribution in [0.2, 0.25) is 0 Å². The molecule has 0 aliphatic carbocycles. The molecule has 0 atom stereocenters. The highest BCUT2D eigenvalue weighted by molar-refractivity contribution is 5.97. The minimum atomic E-state index is -1.30. The van der Waals surface area contributed by atoms with Crippen LogP contribution in [0.1, 0.15) is 26.7 Å². The number of Topliss-reactive ketones (excluding diaryl/α,β-unsaturated/α-hetero) is 2. The number of carboxylic acids is 1. The average molecular weight is 253 g/mol. The molecule has 0 spiro atoms. The second kappa shape index (κ2) is 7.16. The van der Waals surface area contributed by atoms with Gasteiger partial charge in [-0.1, -0.05) is 6.08 Å². The number of ketones is 2. The van der Waals surface area contributed by atoms with Gasteiger partial charge in [-0.25, -0.2) is 4.79 Å². The average Bonchev–Trinajstić information content (AvgIpc) is 2.19. The van der Waals surface area contributed by atoms with E-state index in [0.717, 1.165) is 12.2 Å². The van der Waals surface area contributed by atoms with E-state index in [2.05, 4.69) is 0 Å². The maximum atomic E-state index is 11.0. The van der Waals surface area contributed by atoms with Crippen molar-refractivity contribution >= 4 is 23.4 Å². The van der Waals surface area contributed by atoms with Gasteiger partial charge in [0, 0.05) is 24.5 Å². The van der Waals surface area contributed by atoms with Crippen LogP contribution in [0.3, 0.4) is 0 Å². The Morgan fingerprint density at radius 3 is 1.83 bits per heavy atom. The molecule has 0 aromatic carbocycles. The van der Waals surface area contributed by atoms with Crippen molar-refractivity contribution in [1.29, 1.82) is 0 Å². The Hall–Kier alpha value is -2.24. The molecule has 18 heavy (non-hydrogen) atoms. The van der Waals surface area contributed by atoms with Gasteiger partial charge in [-0.05, 0) is 19.4 Å². The molecule has 0 radical (unpaired) electrons. The molecule has 0 aliphatic rings. The monoisotopic (exact) mass is 253 g/mol. The maximum absolute atomic E-state index is 11.0. The number of carboxylic acid groups (broad SMARTS) is 1. The normalized spacial score (nSPS) is 12.1. The van der Waals surface area contributed by atoms with Crippen molar-refractivity contribution in [2.45, 2.75) is 26.7 Å². The van der Waals surface area contributed by atoms with Gasteiger partial charge in [-0.2, -0.15) is 0 Å². The first-order valence-corrected chi connectivity index (χ1v) is 5.15. The summed E-state index contributed by atoms with van der Waals surface area (Å²) < 4.78 is 0. The molecule has 0 aliphatic heterocycles. The molecular formula is C12H15NO5. The molecule has 0 unspecified atom stereocenters. The zero-order valence-corrected chi connectivity index (χ0v) is 10.2. The molecule has 98 valence electrons. The second-order valence-electron chi connectivity index (χ2n) is 3.80. The fourth-order valence-corrected chi connectivity index (χ4v) is 1.29. The molecule has 0 saturated carbocycles. The summed E-state index contributed by atoms with van der Waals surface area (Å²) in [5, 5.41) is 9.00. The highest BCUT2D eigenvalue weighted by Crippen LogP contribution is 2.16. The standard InChI is InChI=1S/C12H15NO5/c1-7(14)5-9(3-4-11(13)16)10(12(17)18)6-8(2)15/h3-4H,5-6H2,1-2H3,(H2,13,16)(H,17,18). The molecule has 0 aromatic rings. The molecule has 6 heteroatoms. The van der Waals surface area contributed by atoms with Crippen LogP contribution < -0.4 is 5.73 Å². The van der Waals surface area contributed by atoms with E-state index in [1.165, 1.54) is 13.8 Å². The van der Waals surface area contributed by atoms with Crippen LogP contribution in [0, 0.1) is 0 Å². The number of carbonyl (C=O) groups is 4. The predicted octanol–water partition coefficient (Wildman–Crippen LogP) is 0.367. The first kappa shape index (κ1) is 15.8. The van der Waals surface area contributed by atoms with E-state index >= 15 is 0 Å². The van der Waals surface area contributed by atoms with E-state index in [4.69, 9.17) is 10.8 Å². The summed E-state index contributed by atoms with van der Waals surface area (Å²) >= 11 is 0. The Kier molecular flexibility index (Phi) is 6.27. The topological polar surface area (TPSA) is 115 Å². The van der Waals surface area contributed by atoms with E-state index in [-0.39, 0.29) is 35.6 Å². The number of hydrogen-bond acceptors (Lipinski definition) is 4. The summed E-state index contributed by atoms with van der Waals surface area (Å²) in [6.07, 6.45) is 1.65. The van der Waals surface area contributed by atoms with Gasteiger partial charge in [-0.15, -0.1) is 0 Å². The highest BCUT2D eigenvalue weighted by Gasteiger charge is 2.16. The number of hydrogen-bond donors (Lipinski definition) is 2. The molecular weight excluding hydrogens is 238 g/mol. The first-order chi connectivity index (χ1) is 8.23. The smallest absolute Gasteiger partial charge is 0.332 e. The van der Waals surface area contributed by atoms with Crippen LogP contribution in [0.5, 0.6) is 0 Å². The SMILES string of the molecule is CC(=O)CC(C=CC(N)=O)=C(CC(C)=O)C(=O)O. The van der Waals surface area contributed by atoms with Gasteiger partial charge in [0.15, 0.2) is 0 Å². The Morgan fingerprint density at radius 1 is 1.00 bits per heavy atom. The van der Waals surface area contributed by atoms with Gasteiger partial charge >= 0.3 is 5.97 Å². The van der Waals surface area contributed by atoms with Crippen LogP contribution in [0.4, 0.5) is 0 Å². The van der Waals surface area contributed by atoms with E-state index in [1.807, 2.05) is 0 Å². The first-order valence-electron chi connectivity index (χ1n) is 5.15. The Labute approximate surface area is 104 Å². The van der Waals surface area contributed by atoms with Crippen molar-refractivity contribution in [3.8, 4) is 0 Å². The third-order valence-corrected chi connectivity index (χ3v) is 1.96. The highest BCUT2D eigenvalue weighted by atomic mass is 16.4. The van der Waals surface area contributed by atoms with Crippen molar-refractivity contribution in [1.82, 2.24) is 0 Å². The number of carbonyl (C=O) groups excluding carboxylic acids is 3. The molecule has 3 N–H and O–H groups in total. The predicted molar refractivity (Wildman–Crippen MR) is 63.6 cm³/mol. The van der Waals surface area contributed by atoms with E-state index < -0.39 is 11.9 Å². The fraction of sp³-hybridized carbons (Fsp3) is 0.333. The number of allylic oxidation sites excluding steroid dienone is 2. The molecule has 0 heterocycles. The summed E-state index contributed by atoms with van der Waals surface area (Å²) in [4.78, 5) is 43.7. The third-order valence-electron chi connectivity index (χ3n) is 1.96. The van der Waals surface area contributed by atoms with Crippen molar-refractivity contribution in [3.05, 3.63) is 23.3 Å². The quantitative estimate of drug-likeness (QED) is 0.502. The van der Waals surface area contributed by atoms with Crippen molar-refractivity contribution in [3.63, 3.8) is 0 Å². The van der Waals surface area contributed by atoms with Gasteiger partial charge in [0.2, 0.25) is 5.91 Å². The number of nitrogens with two attached hydrogens (primary N) is 1. The molecule has 0 fully saturated rings. The van der Waals surface area contributed by atoms with Crippen LogP contribution in [-0.4, -0.2) is 28.5 Å². The van der Waals surface area contributed by atoms with E-state index in [0.29, 0.717) is 0 Å². The van der Waals surface area contributed by atoms with Crippen LogP contribution >= 0.6 is 0 Å². The molecule has 6 nitrogen and oxygen atoms in total. The lowest BCUT2D eigenvalue weighted by molar-refractivity contribution is -0.133. The Balaban J connectivity index is 5.53.